The van der Waals surface area contributed by atoms with Gasteiger partial charge in [-0.3, -0.25) is 4.79 Å². The number of benzene rings is 1. The number of halogens is 1. The van der Waals surface area contributed by atoms with Gasteiger partial charge in [0.05, 0.1) is 13.7 Å². The Bertz CT molecular complexity index is 410. The maximum Gasteiger partial charge on any atom is 0.239 e. The lowest BCUT2D eigenvalue weighted by molar-refractivity contribution is -0.120. The Balaban J connectivity index is 2.51. The second kappa shape index (κ2) is 6.83. The molecule has 0 heterocycles. The molecule has 0 aromatic heterocycles. The van der Waals surface area contributed by atoms with E-state index in [0.717, 1.165) is 6.42 Å². The molecule has 1 unspecified atom stereocenters. The summed E-state index contributed by atoms with van der Waals surface area (Å²) in [6.45, 7) is 4.10. The summed E-state index contributed by atoms with van der Waals surface area (Å²) in [6, 6.07) is 4.54. The third-order valence-corrected chi connectivity index (χ3v) is 2.62. The van der Waals surface area contributed by atoms with E-state index in [1.54, 1.807) is 6.07 Å². The first kappa shape index (κ1) is 14.3. The van der Waals surface area contributed by atoms with E-state index in [1.807, 2.05) is 13.8 Å². The number of carbonyl (C=O) groups excluding carboxylic acids is 1. The van der Waals surface area contributed by atoms with Gasteiger partial charge in [-0.2, -0.15) is 0 Å². The first-order chi connectivity index (χ1) is 8.56. The van der Waals surface area contributed by atoms with Crippen molar-refractivity contribution >= 4 is 11.6 Å². The van der Waals surface area contributed by atoms with Gasteiger partial charge in [0.2, 0.25) is 5.91 Å². The zero-order chi connectivity index (χ0) is 13.5. The van der Waals surface area contributed by atoms with Crippen LogP contribution in [0.1, 0.15) is 20.3 Å². The minimum atomic E-state index is -0.424. The zero-order valence-corrected chi connectivity index (χ0v) is 10.9. The van der Waals surface area contributed by atoms with Crippen molar-refractivity contribution in [2.75, 3.05) is 19.0 Å². The largest absolute Gasteiger partial charge is 0.494 e. The van der Waals surface area contributed by atoms with E-state index in [-0.39, 0.29) is 24.2 Å². The summed E-state index contributed by atoms with van der Waals surface area (Å²) in [5.74, 6) is -0.359. The Morgan fingerprint density at radius 2 is 2.22 bits per heavy atom. The fourth-order valence-electron chi connectivity index (χ4n) is 1.38. The van der Waals surface area contributed by atoms with E-state index in [2.05, 4.69) is 10.6 Å². The van der Waals surface area contributed by atoms with E-state index in [9.17, 15) is 9.18 Å². The molecule has 5 heteroatoms. The first-order valence-electron chi connectivity index (χ1n) is 5.93. The van der Waals surface area contributed by atoms with Crippen LogP contribution in [0.4, 0.5) is 10.1 Å². The van der Waals surface area contributed by atoms with Crippen LogP contribution in [-0.2, 0) is 4.79 Å². The predicted molar refractivity (Wildman–Crippen MR) is 69.3 cm³/mol. The molecule has 1 aromatic rings. The molecule has 0 fully saturated rings. The quantitative estimate of drug-likeness (QED) is 0.818. The lowest BCUT2D eigenvalue weighted by Gasteiger charge is -2.12. The van der Waals surface area contributed by atoms with Crippen molar-refractivity contribution in [3.63, 3.8) is 0 Å². The van der Waals surface area contributed by atoms with Crippen molar-refractivity contribution in [1.82, 2.24) is 5.32 Å². The highest BCUT2D eigenvalue weighted by molar-refractivity contribution is 5.81. The van der Waals surface area contributed by atoms with Crippen LogP contribution < -0.4 is 15.4 Å². The molecule has 100 valence electrons. The van der Waals surface area contributed by atoms with E-state index < -0.39 is 5.82 Å². The molecule has 4 nitrogen and oxygen atoms in total. The molecule has 1 atom stereocenters. The molecule has 0 aliphatic carbocycles. The third kappa shape index (κ3) is 4.24. The Hall–Kier alpha value is -1.78. The summed E-state index contributed by atoms with van der Waals surface area (Å²) < 4.78 is 18.0. The maximum absolute atomic E-state index is 13.2. The highest BCUT2D eigenvalue weighted by Gasteiger charge is 2.07. The zero-order valence-electron chi connectivity index (χ0n) is 10.9. The SMILES string of the molecule is CCC(C)NC(=O)CNc1ccc(F)c(OC)c1. The topological polar surface area (TPSA) is 50.4 Å². The molecular formula is C13H19FN2O2. The van der Waals surface area contributed by atoms with Crippen LogP contribution in [0.5, 0.6) is 5.75 Å². The fraction of sp³-hybridized carbons (Fsp3) is 0.462. The van der Waals surface area contributed by atoms with Crippen molar-refractivity contribution in [1.29, 1.82) is 0 Å². The number of hydrogen-bond donors (Lipinski definition) is 2. The number of anilines is 1. The van der Waals surface area contributed by atoms with Crippen LogP contribution in [0.15, 0.2) is 18.2 Å². The van der Waals surface area contributed by atoms with Gasteiger partial charge in [-0.1, -0.05) is 6.92 Å². The normalized spacial score (nSPS) is 11.8. The third-order valence-electron chi connectivity index (χ3n) is 2.62. The summed E-state index contributed by atoms with van der Waals surface area (Å²) in [7, 11) is 1.40. The molecule has 2 N–H and O–H groups in total. The number of hydrogen-bond acceptors (Lipinski definition) is 3. The number of carbonyl (C=O) groups is 1. The van der Waals surface area contributed by atoms with Crippen LogP contribution in [-0.4, -0.2) is 25.6 Å². The molecule has 18 heavy (non-hydrogen) atoms. The van der Waals surface area contributed by atoms with Crippen LogP contribution in [0.2, 0.25) is 0 Å². The summed E-state index contributed by atoms with van der Waals surface area (Å²) >= 11 is 0. The molecular weight excluding hydrogens is 235 g/mol. The van der Waals surface area contributed by atoms with Gasteiger partial charge in [0.25, 0.3) is 0 Å². The van der Waals surface area contributed by atoms with Crippen LogP contribution in [0, 0.1) is 5.82 Å². The van der Waals surface area contributed by atoms with Gasteiger partial charge in [-0.15, -0.1) is 0 Å². The average molecular weight is 254 g/mol. The molecule has 0 saturated heterocycles. The maximum atomic E-state index is 13.2. The standard InChI is InChI=1S/C13H19FN2O2/c1-4-9(2)16-13(17)8-15-10-5-6-11(14)12(7-10)18-3/h5-7,9,15H,4,8H2,1-3H3,(H,16,17). The van der Waals surface area contributed by atoms with E-state index in [1.165, 1.54) is 19.2 Å². The highest BCUT2D eigenvalue weighted by Crippen LogP contribution is 2.21. The van der Waals surface area contributed by atoms with Gasteiger partial charge in [0, 0.05) is 17.8 Å². The molecule has 0 spiro atoms. The minimum absolute atomic E-state index is 0.0901. The Morgan fingerprint density at radius 3 is 2.83 bits per heavy atom. The van der Waals surface area contributed by atoms with Crippen molar-refractivity contribution in [2.45, 2.75) is 26.3 Å². The fourth-order valence-corrected chi connectivity index (χ4v) is 1.38. The molecule has 1 rings (SSSR count). The first-order valence-corrected chi connectivity index (χ1v) is 5.93. The minimum Gasteiger partial charge on any atom is -0.494 e. The molecule has 0 aliphatic heterocycles. The number of nitrogens with one attached hydrogen (secondary N) is 2. The van der Waals surface area contributed by atoms with Gasteiger partial charge in [0.15, 0.2) is 11.6 Å². The Kier molecular flexibility index (Phi) is 5.42. The van der Waals surface area contributed by atoms with Crippen molar-refractivity contribution in [3.05, 3.63) is 24.0 Å². The van der Waals surface area contributed by atoms with E-state index in [4.69, 9.17) is 4.74 Å². The summed E-state index contributed by atoms with van der Waals surface area (Å²) in [6.07, 6.45) is 0.885. The number of methoxy groups -OCH3 is 1. The average Bonchev–Trinajstić information content (AvgIpc) is 2.37. The molecule has 1 aromatic carbocycles. The molecule has 0 radical (unpaired) electrons. The number of amides is 1. The molecule has 0 bridgehead atoms. The lowest BCUT2D eigenvalue weighted by atomic mass is 10.2. The Morgan fingerprint density at radius 1 is 1.50 bits per heavy atom. The van der Waals surface area contributed by atoms with Crippen LogP contribution >= 0.6 is 0 Å². The van der Waals surface area contributed by atoms with Gasteiger partial charge in [-0.25, -0.2) is 4.39 Å². The molecule has 0 saturated carbocycles. The summed E-state index contributed by atoms with van der Waals surface area (Å²) in [4.78, 5) is 11.5. The monoisotopic (exact) mass is 254 g/mol. The van der Waals surface area contributed by atoms with Gasteiger partial charge in [0.1, 0.15) is 0 Å². The van der Waals surface area contributed by atoms with Crippen molar-refractivity contribution in [2.24, 2.45) is 0 Å². The van der Waals surface area contributed by atoms with Crippen molar-refractivity contribution in [3.8, 4) is 5.75 Å². The summed E-state index contributed by atoms with van der Waals surface area (Å²) in [5.41, 5.74) is 0.646. The molecule has 1 amide bonds. The predicted octanol–water partition coefficient (Wildman–Crippen LogP) is 2.16. The Labute approximate surface area is 107 Å². The highest BCUT2D eigenvalue weighted by atomic mass is 19.1. The van der Waals surface area contributed by atoms with Gasteiger partial charge < -0.3 is 15.4 Å². The van der Waals surface area contributed by atoms with E-state index >= 15 is 0 Å². The van der Waals surface area contributed by atoms with E-state index in [0.29, 0.717) is 5.69 Å². The van der Waals surface area contributed by atoms with Crippen LogP contribution in [0.25, 0.3) is 0 Å². The number of ether oxygens (including phenoxy) is 1. The molecule has 0 aliphatic rings. The number of rotatable bonds is 6. The van der Waals surface area contributed by atoms with Gasteiger partial charge in [-0.05, 0) is 25.5 Å². The summed E-state index contributed by atoms with van der Waals surface area (Å²) in [5, 5.41) is 5.75. The van der Waals surface area contributed by atoms with Gasteiger partial charge >= 0.3 is 0 Å². The second-order valence-electron chi connectivity index (χ2n) is 4.08. The second-order valence-corrected chi connectivity index (χ2v) is 4.08. The van der Waals surface area contributed by atoms with Crippen molar-refractivity contribution < 1.29 is 13.9 Å². The van der Waals surface area contributed by atoms with Crippen LogP contribution in [0.3, 0.4) is 0 Å². The lowest BCUT2D eigenvalue weighted by Crippen LogP contribution is -2.36. The smallest absolute Gasteiger partial charge is 0.239 e.